The molecule has 0 aromatic heterocycles. The van der Waals surface area contributed by atoms with Gasteiger partial charge in [0.25, 0.3) is 0 Å². The van der Waals surface area contributed by atoms with E-state index in [2.05, 4.69) is 5.32 Å². The van der Waals surface area contributed by atoms with Crippen LogP contribution in [0.5, 0.6) is 0 Å². The van der Waals surface area contributed by atoms with Crippen LogP contribution >= 0.6 is 0 Å². The lowest BCUT2D eigenvalue weighted by Crippen LogP contribution is -2.39. The third kappa shape index (κ3) is 3.32. The molecule has 1 aromatic carbocycles. The van der Waals surface area contributed by atoms with Crippen LogP contribution in [-0.2, 0) is 11.4 Å². The first-order valence-corrected chi connectivity index (χ1v) is 5.31. The third-order valence-electron chi connectivity index (χ3n) is 2.43. The van der Waals surface area contributed by atoms with Gasteiger partial charge in [-0.1, -0.05) is 26.0 Å². The van der Waals surface area contributed by atoms with Crippen molar-refractivity contribution in [1.82, 2.24) is 0 Å². The minimum atomic E-state index is -0.502. The molecule has 0 aliphatic heterocycles. The number of carbonyl (C=O) groups excluding carboxylic acids is 1. The maximum atomic E-state index is 11.6. The van der Waals surface area contributed by atoms with Crippen molar-refractivity contribution in [2.45, 2.75) is 26.5 Å². The molecule has 4 nitrogen and oxygen atoms in total. The molecule has 0 aliphatic carbocycles. The molecule has 1 atom stereocenters. The number of nitrogens with two attached hydrogens (primary N) is 1. The Bertz CT molecular complexity index is 347. The Labute approximate surface area is 95.5 Å². The molecular weight excluding hydrogens is 204 g/mol. The summed E-state index contributed by atoms with van der Waals surface area (Å²) in [7, 11) is 0. The standard InChI is InChI=1S/C12H18N2O2/c1-8(2)11(13)12(16)14-10-5-3-9(7-15)4-6-10/h3-6,8,11,15H,7,13H2,1-2H3,(H,14,16)/t11-/m0/s1. The number of anilines is 1. The molecule has 0 bridgehead atoms. The second-order valence-electron chi connectivity index (χ2n) is 4.11. The number of aliphatic hydroxyl groups excluding tert-OH is 1. The normalized spacial score (nSPS) is 12.6. The summed E-state index contributed by atoms with van der Waals surface area (Å²) in [6.07, 6.45) is 0. The molecule has 0 fully saturated rings. The van der Waals surface area contributed by atoms with Gasteiger partial charge in [0, 0.05) is 5.69 Å². The zero-order chi connectivity index (χ0) is 12.1. The molecule has 0 saturated carbocycles. The molecule has 4 heteroatoms. The van der Waals surface area contributed by atoms with Crippen LogP contribution in [-0.4, -0.2) is 17.1 Å². The monoisotopic (exact) mass is 222 g/mol. The minimum absolute atomic E-state index is 0.000264. The molecule has 0 unspecified atom stereocenters. The van der Waals surface area contributed by atoms with Crippen molar-refractivity contribution in [3.63, 3.8) is 0 Å². The summed E-state index contributed by atoms with van der Waals surface area (Å²) in [5, 5.41) is 11.6. The summed E-state index contributed by atoms with van der Waals surface area (Å²) >= 11 is 0. The predicted molar refractivity (Wildman–Crippen MR) is 63.8 cm³/mol. The van der Waals surface area contributed by atoms with Crippen molar-refractivity contribution < 1.29 is 9.90 Å². The molecule has 0 saturated heterocycles. The van der Waals surface area contributed by atoms with Crippen molar-refractivity contribution in [2.75, 3.05) is 5.32 Å². The van der Waals surface area contributed by atoms with Gasteiger partial charge in [-0.3, -0.25) is 4.79 Å². The van der Waals surface area contributed by atoms with Crippen molar-refractivity contribution in [3.8, 4) is 0 Å². The lowest BCUT2D eigenvalue weighted by Gasteiger charge is -2.15. The molecule has 1 amide bonds. The molecule has 0 aliphatic rings. The summed E-state index contributed by atoms with van der Waals surface area (Å²) < 4.78 is 0. The number of hydrogen-bond acceptors (Lipinski definition) is 3. The topological polar surface area (TPSA) is 75.4 Å². The van der Waals surface area contributed by atoms with Gasteiger partial charge in [-0.15, -0.1) is 0 Å². The van der Waals surface area contributed by atoms with Crippen molar-refractivity contribution >= 4 is 11.6 Å². The van der Waals surface area contributed by atoms with Crippen LogP contribution in [0, 0.1) is 5.92 Å². The lowest BCUT2D eigenvalue weighted by atomic mass is 10.0. The average Bonchev–Trinajstić information content (AvgIpc) is 2.28. The summed E-state index contributed by atoms with van der Waals surface area (Å²) in [5.74, 6) is -0.0801. The number of carbonyl (C=O) groups is 1. The van der Waals surface area contributed by atoms with Gasteiger partial charge in [0.2, 0.25) is 5.91 Å². The highest BCUT2D eigenvalue weighted by molar-refractivity contribution is 5.94. The van der Waals surface area contributed by atoms with E-state index in [1.54, 1.807) is 24.3 Å². The fourth-order valence-corrected chi connectivity index (χ4v) is 1.22. The number of rotatable bonds is 4. The fraction of sp³-hybridized carbons (Fsp3) is 0.417. The zero-order valence-corrected chi connectivity index (χ0v) is 9.60. The molecule has 1 aromatic rings. The van der Waals surface area contributed by atoms with Crippen LogP contribution in [0.15, 0.2) is 24.3 Å². The van der Waals surface area contributed by atoms with Crippen molar-refractivity contribution in [2.24, 2.45) is 11.7 Å². The molecule has 0 spiro atoms. The molecular formula is C12H18N2O2. The van der Waals surface area contributed by atoms with Crippen LogP contribution in [0.2, 0.25) is 0 Å². The quantitative estimate of drug-likeness (QED) is 0.714. The van der Waals surface area contributed by atoms with E-state index in [0.29, 0.717) is 5.69 Å². The smallest absolute Gasteiger partial charge is 0.241 e. The maximum absolute atomic E-state index is 11.6. The van der Waals surface area contributed by atoms with Crippen molar-refractivity contribution in [3.05, 3.63) is 29.8 Å². The van der Waals surface area contributed by atoms with Gasteiger partial charge < -0.3 is 16.2 Å². The van der Waals surface area contributed by atoms with E-state index in [1.807, 2.05) is 13.8 Å². The summed E-state index contributed by atoms with van der Waals surface area (Å²) in [6.45, 7) is 3.80. The highest BCUT2D eigenvalue weighted by Crippen LogP contribution is 2.10. The number of amides is 1. The Balaban J connectivity index is 2.62. The van der Waals surface area contributed by atoms with Crippen LogP contribution in [0.4, 0.5) is 5.69 Å². The second kappa shape index (κ2) is 5.63. The number of aliphatic hydroxyl groups is 1. The van der Waals surface area contributed by atoms with E-state index in [9.17, 15) is 4.79 Å². The largest absolute Gasteiger partial charge is 0.392 e. The van der Waals surface area contributed by atoms with Crippen LogP contribution in [0.1, 0.15) is 19.4 Å². The van der Waals surface area contributed by atoms with Gasteiger partial charge in [-0.2, -0.15) is 0 Å². The lowest BCUT2D eigenvalue weighted by molar-refractivity contribution is -0.118. The minimum Gasteiger partial charge on any atom is -0.392 e. The number of nitrogens with one attached hydrogen (secondary N) is 1. The van der Waals surface area contributed by atoms with Gasteiger partial charge in [-0.25, -0.2) is 0 Å². The van der Waals surface area contributed by atoms with E-state index < -0.39 is 6.04 Å². The van der Waals surface area contributed by atoms with Crippen LogP contribution in [0.3, 0.4) is 0 Å². The highest BCUT2D eigenvalue weighted by Gasteiger charge is 2.16. The van der Waals surface area contributed by atoms with Gasteiger partial charge in [0.1, 0.15) is 0 Å². The predicted octanol–water partition coefficient (Wildman–Crippen LogP) is 1.10. The van der Waals surface area contributed by atoms with Gasteiger partial charge in [-0.05, 0) is 23.6 Å². The van der Waals surface area contributed by atoms with Gasteiger partial charge in [0.15, 0.2) is 0 Å². The van der Waals surface area contributed by atoms with E-state index in [0.717, 1.165) is 5.56 Å². The number of benzene rings is 1. The van der Waals surface area contributed by atoms with Crippen LogP contribution in [0.25, 0.3) is 0 Å². The van der Waals surface area contributed by atoms with E-state index in [-0.39, 0.29) is 18.4 Å². The number of hydrogen-bond donors (Lipinski definition) is 3. The average molecular weight is 222 g/mol. The first-order valence-electron chi connectivity index (χ1n) is 5.31. The summed E-state index contributed by atoms with van der Waals surface area (Å²) in [5.41, 5.74) is 7.22. The molecule has 0 heterocycles. The van der Waals surface area contributed by atoms with E-state index in [1.165, 1.54) is 0 Å². The summed E-state index contributed by atoms with van der Waals surface area (Å²) in [6, 6.07) is 6.51. The SMILES string of the molecule is CC(C)[C@H](N)C(=O)Nc1ccc(CO)cc1. The first-order chi connectivity index (χ1) is 7.54. The Morgan fingerprint density at radius 1 is 1.38 bits per heavy atom. The van der Waals surface area contributed by atoms with E-state index in [4.69, 9.17) is 10.8 Å². The highest BCUT2D eigenvalue weighted by atomic mass is 16.3. The second-order valence-corrected chi connectivity index (χ2v) is 4.11. The Hall–Kier alpha value is -1.39. The Kier molecular flexibility index (Phi) is 4.46. The molecule has 4 N–H and O–H groups in total. The molecule has 1 rings (SSSR count). The Morgan fingerprint density at radius 2 is 1.94 bits per heavy atom. The third-order valence-corrected chi connectivity index (χ3v) is 2.43. The zero-order valence-electron chi connectivity index (χ0n) is 9.60. The molecule has 88 valence electrons. The maximum Gasteiger partial charge on any atom is 0.241 e. The first kappa shape index (κ1) is 12.7. The Morgan fingerprint density at radius 3 is 2.38 bits per heavy atom. The van der Waals surface area contributed by atoms with Gasteiger partial charge in [0.05, 0.1) is 12.6 Å². The molecule has 16 heavy (non-hydrogen) atoms. The van der Waals surface area contributed by atoms with E-state index >= 15 is 0 Å². The van der Waals surface area contributed by atoms with Crippen molar-refractivity contribution in [1.29, 1.82) is 0 Å². The summed E-state index contributed by atoms with van der Waals surface area (Å²) in [4.78, 5) is 11.6. The fourth-order valence-electron chi connectivity index (χ4n) is 1.22. The molecule has 0 radical (unpaired) electrons. The van der Waals surface area contributed by atoms with Crippen LogP contribution < -0.4 is 11.1 Å². The van der Waals surface area contributed by atoms with Gasteiger partial charge >= 0.3 is 0 Å².